The standard InChI is InChI=1S/C19H21N5O2/c1-3-26-12-17-21-22-18-13(2)23(8-9-24(17)18)19(25)15-10-14-6-4-5-7-16(14)20-11-15/h4-7,10-11,13H,3,8-9,12H2,1-2H3/t13-/m1/s1. The third-order valence-electron chi connectivity index (χ3n) is 4.80. The van der Waals surface area contributed by atoms with Gasteiger partial charge in [0.05, 0.1) is 17.1 Å². The fraction of sp³-hybridized carbons (Fsp3) is 0.368. The highest BCUT2D eigenvalue weighted by Crippen LogP contribution is 2.26. The van der Waals surface area contributed by atoms with E-state index >= 15 is 0 Å². The molecule has 0 N–H and O–H groups in total. The molecule has 0 spiro atoms. The van der Waals surface area contributed by atoms with Crippen LogP contribution < -0.4 is 0 Å². The summed E-state index contributed by atoms with van der Waals surface area (Å²) in [5.74, 6) is 1.58. The zero-order valence-electron chi connectivity index (χ0n) is 14.9. The molecule has 0 fully saturated rings. The quantitative estimate of drug-likeness (QED) is 0.722. The van der Waals surface area contributed by atoms with Crippen LogP contribution in [0.4, 0.5) is 0 Å². The lowest BCUT2D eigenvalue weighted by atomic mass is 10.1. The van der Waals surface area contributed by atoms with Crippen molar-refractivity contribution >= 4 is 16.8 Å². The minimum atomic E-state index is -0.148. The summed E-state index contributed by atoms with van der Waals surface area (Å²) in [5, 5.41) is 9.48. The molecule has 2 aromatic heterocycles. The summed E-state index contributed by atoms with van der Waals surface area (Å²) in [4.78, 5) is 19.3. The summed E-state index contributed by atoms with van der Waals surface area (Å²) in [7, 11) is 0. The molecule has 1 aliphatic rings. The lowest BCUT2D eigenvalue weighted by Gasteiger charge is -2.33. The van der Waals surface area contributed by atoms with E-state index in [0.29, 0.717) is 31.9 Å². The van der Waals surface area contributed by atoms with Crippen LogP contribution in [-0.2, 0) is 17.9 Å². The van der Waals surface area contributed by atoms with Crippen molar-refractivity contribution in [1.82, 2.24) is 24.6 Å². The second-order valence-corrected chi connectivity index (χ2v) is 6.35. The van der Waals surface area contributed by atoms with E-state index in [0.717, 1.165) is 22.6 Å². The van der Waals surface area contributed by atoms with Crippen LogP contribution in [0, 0.1) is 0 Å². The van der Waals surface area contributed by atoms with Crippen molar-refractivity contribution in [3.8, 4) is 0 Å². The highest BCUT2D eigenvalue weighted by atomic mass is 16.5. The second kappa shape index (κ2) is 6.84. The number of carbonyl (C=O) groups excluding carboxylic acids is 1. The van der Waals surface area contributed by atoms with Crippen LogP contribution in [0.1, 0.15) is 41.9 Å². The lowest BCUT2D eigenvalue weighted by molar-refractivity contribution is 0.0629. The van der Waals surface area contributed by atoms with Gasteiger partial charge in [0, 0.05) is 31.3 Å². The average molecular weight is 351 g/mol. The van der Waals surface area contributed by atoms with Crippen LogP contribution in [-0.4, -0.2) is 43.7 Å². The number of rotatable bonds is 4. The predicted octanol–water partition coefficient (Wildman–Crippen LogP) is 2.58. The summed E-state index contributed by atoms with van der Waals surface area (Å²) in [6, 6.07) is 9.55. The lowest BCUT2D eigenvalue weighted by Crippen LogP contribution is -2.41. The molecule has 1 aromatic carbocycles. The van der Waals surface area contributed by atoms with E-state index in [1.54, 1.807) is 6.20 Å². The van der Waals surface area contributed by atoms with Crippen LogP contribution in [0.25, 0.3) is 10.9 Å². The van der Waals surface area contributed by atoms with Crippen LogP contribution in [0.3, 0.4) is 0 Å². The number of hydrogen-bond acceptors (Lipinski definition) is 5. The highest BCUT2D eigenvalue weighted by molar-refractivity contribution is 5.97. The van der Waals surface area contributed by atoms with Gasteiger partial charge in [0.25, 0.3) is 5.91 Å². The zero-order chi connectivity index (χ0) is 18.1. The van der Waals surface area contributed by atoms with Crippen molar-refractivity contribution in [3.63, 3.8) is 0 Å². The number of para-hydroxylation sites is 1. The Morgan fingerprint density at radius 2 is 2.12 bits per heavy atom. The molecule has 3 aromatic rings. The largest absolute Gasteiger partial charge is 0.374 e. The molecule has 0 saturated carbocycles. The summed E-state index contributed by atoms with van der Waals surface area (Å²) < 4.78 is 7.51. The summed E-state index contributed by atoms with van der Waals surface area (Å²) in [5.41, 5.74) is 1.48. The SMILES string of the molecule is CCOCc1nnc2n1CCN(C(=O)c1cnc3ccccc3c1)[C@@H]2C. The topological polar surface area (TPSA) is 73.1 Å². The molecule has 0 bridgehead atoms. The van der Waals surface area contributed by atoms with Crippen molar-refractivity contribution in [2.24, 2.45) is 0 Å². The molecule has 0 saturated heterocycles. The summed E-state index contributed by atoms with van der Waals surface area (Å²) >= 11 is 0. The van der Waals surface area contributed by atoms with Crippen molar-refractivity contribution in [2.45, 2.75) is 33.0 Å². The minimum absolute atomic E-state index is 0.0311. The molecule has 3 heterocycles. The van der Waals surface area contributed by atoms with Gasteiger partial charge in [-0.15, -0.1) is 10.2 Å². The normalized spacial score (nSPS) is 16.7. The smallest absolute Gasteiger partial charge is 0.256 e. The number of aromatic nitrogens is 4. The van der Waals surface area contributed by atoms with Crippen molar-refractivity contribution in [3.05, 3.63) is 53.7 Å². The van der Waals surface area contributed by atoms with Gasteiger partial charge in [0.15, 0.2) is 11.6 Å². The van der Waals surface area contributed by atoms with Crippen LogP contribution in [0.15, 0.2) is 36.5 Å². The number of pyridine rings is 1. The fourth-order valence-electron chi connectivity index (χ4n) is 3.37. The maximum atomic E-state index is 13.0. The van der Waals surface area contributed by atoms with E-state index in [1.807, 2.05) is 49.1 Å². The molecule has 7 nitrogen and oxygen atoms in total. The number of fused-ring (bicyclic) bond motifs is 2. The minimum Gasteiger partial charge on any atom is -0.374 e. The first-order chi connectivity index (χ1) is 12.7. The Morgan fingerprint density at radius 3 is 2.96 bits per heavy atom. The molecular formula is C19H21N5O2. The molecule has 134 valence electrons. The number of ether oxygens (including phenoxy) is 1. The summed E-state index contributed by atoms with van der Waals surface area (Å²) in [6.07, 6.45) is 1.65. The zero-order valence-corrected chi connectivity index (χ0v) is 14.9. The van der Waals surface area contributed by atoms with Gasteiger partial charge in [-0.3, -0.25) is 9.78 Å². The van der Waals surface area contributed by atoms with E-state index in [1.165, 1.54) is 0 Å². The van der Waals surface area contributed by atoms with Crippen molar-refractivity contribution in [1.29, 1.82) is 0 Å². The van der Waals surface area contributed by atoms with E-state index < -0.39 is 0 Å². The first-order valence-corrected chi connectivity index (χ1v) is 8.84. The maximum absolute atomic E-state index is 13.0. The predicted molar refractivity (Wildman–Crippen MR) is 96.5 cm³/mol. The molecule has 0 aliphatic carbocycles. The number of carbonyl (C=O) groups is 1. The molecule has 0 unspecified atom stereocenters. The number of benzene rings is 1. The maximum Gasteiger partial charge on any atom is 0.256 e. The van der Waals surface area contributed by atoms with Crippen LogP contribution in [0.2, 0.25) is 0 Å². The third-order valence-corrected chi connectivity index (χ3v) is 4.80. The average Bonchev–Trinajstić information content (AvgIpc) is 3.09. The first-order valence-electron chi connectivity index (χ1n) is 8.84. The van der Waals surface area contributed by atoms with Gasteiger partial charge in [-0.2, -0.15) is 0 Å². The van der Waals surface area contributed by atoms with Gasteiger partial charge in [-0.1, -0.05) is 18.2 Å². The number of amides is 1. The van der Waals surface area contributed by atoms with Gasteiger partial charge >= 0.3 is 0 Å². The molecule has 26 heavy (non-hydrogen) atoms. The second-order valence-electron chi connectivity index (χ2n) is 6.35. The van der Waals surface area contributed by atoms with Gasteiger partial charge in [0.1, 0.15) is 6.61 Å². The molecule has 1 aliphatic heterocycles. The van der Waals surface area contributed by atoms with Crippen LogP contribution in [0.5, 0.6) is 0 Å². The molecule has 1 amide bonds. The first kappa shape index (κ1) is 16.7. The summed E-state index contributed by atoms with van der Waals surface area (Å²) in [6.45, 7) is 6.29. The Bertz CT molecular complexity index is 952. The van der Waals surface area contributed by atoms with Crippen molar-refractivity contribution < 1.29 is 9.53 Å². The molecule has 0 radical (unpaired) electrons. The molecule has 1 atom stereocenters. The molecular weight excluding hydrogens is 330 g/mol. The van der Waals surface area contributed by atoms with Crippen molar-refractivity contribution in [2.75, 3.05) is 13.2 Å². The molecule has 7 heteroatoms. The van der Waals surface area contributed by atoms with Gasteiger partial charge in [-0.25, -0.2) is 0 Å². The van der Waals surface area contributed by atoms with Gasteiger partial charge in [-0.05, 0) is 26.0 Å². The van der Waals surface area contributed by atoms with E-state index in [4.69, 9.17) is 4.74 Å². The monoisotopic (exact) mass is 351 g/mol. The van der Waals surface area contributed by atoms with Gasteiger partial charge < -0.3 is 14.2 Å². The van der Waals surface area contributed by atoms with Gasteiger partial charge in [0.2, 0.25) is 0 Å². The number of nitrogens with zero attached hydrogens (tertiary/aromatic N) is 5. The number of hydrogen-bond donors (Lipinski definition) is 0. The third kappa shape index (κ3) is 2.84. The Kier molecular flexibility index (Phi) is 4.38. The Morgan fingerprint density at radius 1 is 1.27 bits per heavy atom. The van der Waals surface area contributed by atoms with Crippen LogP contribution >= 0.6 is 0 Å². The molecule has 4 rings (SSSR count). The fourth-order valence-corrected chi connectivity index (χ4v) is 3.37. The van der Waals surface area contributed by atoms with E-state index in [9.17, 15) is 4.79 Å². The Labute approximate surface area is 151 Å². The Hall–Kier alpha value is -2.80. The van der Waals surface area contributed by atoms with E-state index in [-0.39, 0.29) is 11.9 Å². The van der Waals surface area contributed by atoms with E-state index in [2.05, 4.69) is 19.7 Å². The highest BCUT2D eigenvalue weighted by Gasteiger charge is 2.31. The Balaban J connectivity index is 1.59.